The van der Waals surface area contributed by atoms with Gasteiger partial charge in [-0.15, -0.1) is 0 Å². The van der Waals surface area contributed by atoms with Crippen LogP contribution in [0, 0.1) is 6.92 Å². The van der Waals surface area contributed by atoms with Crippen LogP contribution in [0.3, 0.4) is 0 Å². The SMILES string of the molecule is CCOC(=O)CC(NCCc1ccccc1)c1ccc(C)cc1. The number of nitrogens with one attached hydrogen (secondary N) is 1. The summed E-state index contributed by atoms with van der Waals surface area (Å²) in [6.07, 6.45) is 1.29. The standard InChI is InChI=1S/C20H25NO2/c1-3-23-20(22)15-19(18-11-9-16(2)10-12-18)21-14-13-17-7-5-4-6-8-17/h4-12,19,21H,3,13-15H2,1-2H3. The smallest absolute Gasteiger partial charge is 0.307 e. The molecule has 0 aliphatic carbocycles. The van der Waals surface area contributed by atoms with Crippen molar-refractivity contribution in [1.29, 1.82) is 0 Å². The first-order valence-electron chi connectivity index (χ1n) is 8.18. The molecule has 0 saturated heterocycles. The first-order valence-corrected chi connectivity index (χ1v) is 8.18. The lowest BCUT2D eigenvalue weighted by atomic mass is 10.0. The number of benzene rings is 2. The third-order valence-electron chi connectivity index (χ3n) is 3.80. The van der Waals surface area contributed by atoms with E-state index in [9.17, 15) is 4.79 Å². The molecule has 0 aromatic heterocycles. The Bertz CT molecular complexity index is 593. The lowest BCUT2D eigenvalue weighted by Gasteiger charge is -2.19. The molecule has 0 aliphatic rings. The number of hydrogen-bond donors (Lipinski definition) is 1. The number of aryl methyl sites for hydroxylation is 1. The molecule has 1 N–H and O–H groups in total. The van der Waals surface area contributed by atoms with Gasteiger partial charge in [0.15, 0.2) is 0 Å². The monoisotopic (exact) mass is 311 g/mol. The number of hydrogen-bond acceptors (Lipinski definition) is 3. The summed E-state index contributed by atoms with van der Waals surface area (Å²) in [6.45, 7) is 5.14. The van der Waals surface area contributed by atoms with Crippen LogP contribution in [0.5, 0.6) is 0 Å². The molecule has 122 valence electrons. The van der Waals surface area contributed by atoms with E-state index in [4.69, 9.17) is 4.74 Å². The predicted octanol–water partition coefficient (Wildman–Crippen LogP) is 3.82. The van der Waals surface area contributed by atoms with Crippen LogP contribution >= 0.6 is 0 Å². The van der Waals surface area contributed by atoms with E-state index in [-0.39, 0.29) is 12.0 Å². The van der Waals surface area contributed by atoms with Crippen molar-refractivity contribution in [3.63, 3.8) is 0 Å². The Morgan fingerprint density at radius 1 is 1.09 bits per heavy atom. The highest BCUT2D eigenvalue weighted by atomic mass is 16.5. The van der Waals surface area contributed by atoms with Gasteiger partial charge >= 0.3 is 5.97 Å². The van der Waals surface area contributed by atoms with Gasteiger partial charge in [0.25, 0.3) is 0 Å². The van der Waals surface area contributed by atoms with Gasteiger partial charge in [-0.3, -0.25) is 4.79 Å². The van der Waals surface area contributed by atoms with Crippen molar-refractivity contribution < 1.29 is 9.53 Å². The third kappa shape index (κ3) is 5.87. The first-order chi connectivity index (χ1) is 11.2. The Morgan fingerprint density at radius 2 is 1.78 bits per heavy atom. The molecule has 3 heteroatoms. The van der Waals surface area contributed by atoms with Gasteiger partial charge in [0.2, 0.25) is 0 Å². The van der Waals surface area contributed by atoms with Crippen molar-refractivity contribution >= 4 is 5.97 Å². The summed E-state index contributed by atoms with van der Waals surface area (Å²) in [5.41, 5.74) is 3.63. The molecule has 0 heterocycles. The number of carbonyl (C=O) groups is 1. The number of rotatable bonds is 8. The zero-order valence-corrected chi connectivity index (χ0v) is 13.9. The highest BCUT2D eigenvalue weighted by Gasteiger charge is 2.16. The first kappa shape index (κ1) is 17.2. The molecule has 1 unspecified atom stereocenters. The molecule has 2 aromatic carbocycles. The average molecular weight is 311 g/mol. The van der Waals surface area contributed by atoms with Crippen LogP contribution in [0.2, 0.25) is 0 Å². The van der Waals surface area contributed by atoms with Crippen molar-refractivity contribution in [2.45, 2.75) is 32.7 Å². The van der Waals surface area contributed by atoms with Crippen molar-refractivity contribution in [3.8, 4) is 0 Å². The van der Waals surface area contributed by atoms with E-state index in [1.807, 2.05) is 25.1 Å². The van der Waals surface area contributed by atoms with E-state index in [1.165, 1.54) is 11.1 Å². The summed E-state index contributed by atoms with van der Waals surface area (Å²) in [7, 11) is 0. The summed E-state index contributed by atoms with van der Waals surface area (Å²) < 4.78 is 5.10. The Hall–Kier alpha value is -2.13. The Morgan fingerprint density at radius 3 is 2.43 bits per heavy atom. The molecule has 0 saturated carbocycles. The fraction of sp³-hybridized carbons (Fsp3) is 0.350. The number of esters is 1. The van der Waals surface area contributed by atoms with E-state index in [2.05, 4.69) is 48.6 Å². The maximum atomic E-state index is 11.9. The lowest BCUT2D eigenvalue weighted by Crippen LogP contribution is -2.26. The maximum Gasteiger partial charge on any atom is 0.307 e. The van der Waals surface area contributed by atoms with Crippen LogP contribution in [0.1, 0.15) is 36.1 Å². The molecule has 0 bridgehead atoms. The lowest BCUT2D eigenvalue weighted by molar-refractivity contribution is -0.143. The average Bonchev–Trinajstić information content (AvgIpc) is 2.56. The second-order valence-corrected chi connectivity index (χ2v) is 5.66. The van der Waals surface area contributed by atoms with Gasteiger partial charge in [0.1, 0.15) is 0 Å². The molecule has 23 heavy (non-hydrogen) atoms. The van der Waals surface area contributed by atoms with Crippen LogP contribution < -0.4 is 5.32 Å². The molecule has 1 atom stereocenters. The third-order valence-corrected chi connectivity index (χ3v) is 3.80. The second-order valence-electron chi connectivity index (χ2n) is 5.66. The van der Waals surface area contributed by atoms with Gasteiger partial charge in [-0.1, -0.05) is 60.2 Å². The fourth-order valence-corrected chi connectivity index (χ4v) is 2.53. The minimum atomic E-state index is -0.162. The zero-order chi connectivity index (χ0) is 16.5. The van der Waals surface area contributed by atoms with Gasteiger partial charge in [-0.25, -0.2) is 0 Å². The van der Waals surface area contributed by atoms with Gasteiger partial charge in [0, 0.05) is 6.04 Å². The van der Waals surface area contributed by atoms with Crippen molar-refractivity contribution in [2.24, 2.45) is 0 Å². The Labute approximate surface area is 138 Å². The quantitative estimate of drug-likeness (QED) is 0.753. The fourth-order valence-electron chi connectivity index (χ4n) is 2.53. The largest absolute Gasteiger partial charge is 0.466 e. The van der Waals surface area contributed by atoms with Gasteiger partial charge in [-0.2, -0.15) is 0 Å². The predicted molar refractivity (Wildman–Crippen MR) is 93.3 cm³/mol. The molecule has 0 fully saturated rings. The summed E-state index contributed by atoms with van der Waals surface area (Å²) in [4.78, 5) is 11.9. The van der Waals surface area contributed by atoms with Crippen molar-refractivity contribution in [3.05, 3.63) is 71.3 Å². The maximum absolute atomic E-state index is 11.9. The number of carbonyl (C=O) groups excluding carboxylic acids is 1. The van der Waals surface area contributed by atoms with E-state index in [0.717, 1.165) is 18.5 Å². The van der Waals surface area contributed by atoms with Gasteiger partial charge in [0.05, 0.1) is 13.0 Å². The summed E-state index contributed by atoms with van der Waals surface area (Å²) in [6, 6.07) is 18.6. The highest BCUT2D eigenvalue weighted by Crippen LogP contribution is 2.18. The van der Waals surface area contributed by atoms with Gasteiger partial charge in [-0.05, 0) is 37.9 Å². The van der Waals surface area contributed by atoms with E-state index in [0.29, 0.717) is 13.0 Å². The van der Waals surface area contributed by atoms with Crippen LogP contribution in [0.15, 0.2) is 54.6 Å². The summed E-state index contributed by atoms with van der Waals surface area (Å²) >= 11 is 0. The van der Waals surface area contributed by atoms with E-state index < -0.39 is 0 Å². The van der Waals surface area contributed by atoms with Crippen LogP contribution in [0.4, 0.5) is 0 Å². The molecular formula is C20H25NO2. The molecule has 2 aromatic rings. The molecule has 0 aliphatic heterocycles. The second kappa shape index (κ2) is 9.11. The van der Waals surface area contributed by atoms with Gasteiger partial charge < -0.3 is 10.1 Å². The minimum absolute atomic E-state index is 0.0154. The van der Waals surface area contributed by atoms with Crippen LogP contribution in [-0.2, 0) is 16.0 Å². The topological polar surface area (TPSA) is 38.3 Å². The summed E-state index contributed by atoms with van der Waals surface area (Å²) in [5, 5.41) is 3.49. The number of ether oxygens (including phenoxy) is 1. The normalized spacial score (nSPS) is 11.9. The molecule has 0 amide bonds. The minimum Gasteiger partial charge on any atom is -0.466 e. The van der Waals surface area contributed by atoms with Crippen LogP contribution in [-0.4, -0.2) is 19.1 Å². The van der Waals surface area contributed by atoms with Crippen LogP contribution in [0.25, 0.3) is 0 Å². The molecule has 0 spiro atoms. The molecule has 2 rings (SSSR count). The van der Waals surface area contributed by atoms with Crippen molar-refractivity contribution in [2.75, 3.05) is 13.2 Å². The van der Waals surface area contributed by atoms with E-state index >= 15 is 0 Å². The Balaban J connectivity index is 1.98. The molecule has 0 radical (unpaired) electrons. The molecule has 3 nitrogen and oxygen atoms in total. The highest BCUT2D eigenvalue weighted by molar-refractivity contribution is 5.70. The zero-order valence-electron chi connectivity index (χ0n) is 13.9. The van der Waals surface area contributed by atoms with E-state index in [1.54, 1.807) is 0 Å². The summed E-state index contributed by atoms with van der Waals surface area (Å²) in [5.74, 6) is -0.162. The van der Waals surface area contributed by atoms with Crippen molar-refractivity contribution in [1.82, 2.24) is 5.32 Å². The molecular weight excluding hydrogens is 286 g/mol. The Kier molecular flexibility index (Phi) is 6.82.